The Morgan fingerprint density at radius 1 is 1.13 bits per heavy atom. The van der Waals surface area contributed by atoms with Crippen LogP contribution in [0.3, 0.4) is 0 Å². The molecule has 1 aromatic heterocycles. The van der Waals surface area contributed by atoms with Crippen molar-refractivity contribution in [3.63, 3.8) is 0 Å². The van der Waals surface area contributed by atoms with Gasteiger partial charge >= 0.3 is 6.09 Å². The van der Waals surface area contributed by atoms with Crippen molar-refractivity contribution >= 4 is 22.9 Å². The third-order valence-electron chi connectivity index (χ3n) is 6.46. The van der Waals surface area contributed by atoms with Crippen molar-refractivity contribution in [1.82, 2.24) is 14.8 Å². The summed E-state index contributed by atoms with van der Waals surface area (Å²) in [6, 6.07) is 10.3. The summed E-state index contributed by atoms with van der Waals surface area (Å²) in [7, 11) is 0. The van der Waals surface area contributed by atoms with Crippen LogP contribution in [0.1, 0.15) is 49.8 Å². The molecule has 0 aliphatic carbocycles. The summed E-state index contributed by atoms with van der Waals surface area (Å²) in [5.74, 6) is -0.0174. The Morgan fingerprint density at radius 3 is 2.73 bits per heavy atom. The fourth-order valence-electron chi connectivity index (χ4n) is 4.92. The Bertz CT molecular complexity index is 976. The van der Waals surface area contributed by atoms with E-state index in [2.05, 4.69) is 35.3 Å². The molecule has 158 valence electrons. The molecule has 2 N–H and O–H groups in total. The van der Waals surface area contributed by atoms with Crippen molar-refractivity contribution in [3.05, 3.63) is 35.5 Å². The lowest BCUT2D eigenvalue weighted by molar-refractivity contribution is -0.136. The zero-order valence-corrected chi connectivity index (χ0v) is 17.1. The molecule has 2 saturated heterocycles. The molecule has 0 bridgehead atoms. The number of benzene rings is 1. The first-order chi connectivity index (χ1) is 14.6. The van der Waals surface area contributed by atoms with Crippen molar-refractivity contribution in [2.75, 3.05) is 13.1 Å². The van der Waals surface area contributed by atoms with Crippen molar-refractivity contribution in [2.45, 2.75) is 63.5 Å². The number of likely N-dealkylation sites (tertiary alicyclic amines) is 2. The highest BCUT2D eigenvalue weighted by Crippen LogP contribution is 2.27. The van der Waals surface area contributed by atoms with Crippen LogP contribution in [-0.2, 0) is 17.6 Å². The highest BCUT2D eigenvalue weighted by Gasteiger charge is 2.39. The monoisotopic (exact) mass is 408 g/mol. The second-order valence-corrected chi connectivity index (χ2v) is 8.37. The number of carbonyl (C=O) groups excluding carboxylic acids is 1. The molecule has 2 atom stereocenters. The predicted octanol–water partition coefficient (Wildman–Crippen LogP) is 3.69. The van der Waals surface area contributed by atoms with Gasteiger partial charge in [-0.3, -0.25) is 9.69 Å². The van der Waals surface area contributed by atoms with Crippen molar-refractivity contribution < 1.29 is 14.7 Å². The smallest absolute Gasteiger partial charge is 0.407 e. The molecule has 7 heteroatoms. The molecule has 4 rings (SSSR count). The summed E-state index contributed by atoms with van der Waals surface area (Å²) in [6.07, 6.45) is 5.35. The zero-order valence-electron chi connectivity index (χ0n) is 17.1. The van der Waals surface area contributed by atoms with Gasteiger partial charge in [0.1, 0.15) is 6.04 Å². The van der Waals surface area contributed by atoms with Gasteiger partial charge in [-0.1, -0.05) is 12.1 Å². The molecule has 2 aliphatic rings. The third-order valence-corrected chi connectivity index (χ3v) is 6.46. The van der Waals surface area contributed by atoms with Crippen LogP contribution < -0.4 is 0 Å². The molecule has 3 heterocycles. The Morgan fingerprint density at radius 2 is 1.93 bits per heavy atom. The third kappa shape index (κ3) is 4.13. The summed E-state index contributed by atoms with van der Waals surface area (Å²) in [5.41, 5.74) is 3.39. The van der Waals surface area contributed by atoms with Gasteiger partial charge in [0.25, 0.3) is 0 Å². The summed E-state index contributed by atoms with van der Waals surface area (Å²) >= 11 is 0. The number of amides is 2. The van der Waals surface area contributed by atoms with Crippen LogP contribution in [0.2, 0.25) is 0 Å². The quantitative estimate of drug-likeness (QED) is 0.761. The molecule has 1 aromatic carbocycles. The fourth-order valence-corrected chi connectivity index (χ4v) is 4.92. The Kier molecular flexibility index (Phi) is 5.93. The molecule has 30 heavy (non-hydrogen) atoms. The highest BCUT2D eigenvalue weighted by atomic mass is 16.4. The Hall–Kier alpha value is -3.01. The lowest BCUT2D eigenvalue weighted by Gasteiger charge is -2.30. The summed E-state index contributed by atoms with van der Waals surface area (Å²) in [6.45, 7) is 1.18. The fraction of sp³-hybridized carbons (Fsp3) is 0.522. The molecular weight excluding hydrogens is 380 g/mol. The first-order valence-corrected chi connectivity index (χ1v) is 10.8. The lowest BCUT2D eigenvalue weighted by atomic mass is 10.1. The number of nitriles is 1. The number of carbonyl (C=O) groups is 2. The topological polar surface area (TPSA) is 100 Å². The van der Waals surface area contributed by atoms with E-state index in [9.17, 15) is 14.7 Å². The average Bonchev–Trinajstić information content (AvgIpc) is 3.48. The number of aromatic nitrogens is 1. The van der Waals surface area contributed by atoms with Gasteiger partial charge in [0.2, 0.25) is 5.91 Å². The number of aromatic amines is 1. The molecule has 0 saturated carbocycles. The maximum absolute atomic E-state index is 13.0. The maximum atomic E-state index is 13.0. The maximum Gasteiger partial charge on any atom is 0.407 e. The van der Waals surface area contributed by atoms with Gasteiger partial charge in [-0.05, 0) is 68.0 Å². The van der Waals surface area contributed by atoms with E-state index in [1.807, 2.05) is 4.90 Å². The highest BCUT2D eigenvalue weighted by molar-refractivity contribution is 5.86. The molecule has 0 radical (unpaired) electrons. The summed E-state index contributed by atoms with van der Waals surface area (Å²) in [4.78, 5) is 31.2. The van der Waals surface area contributed by atoms with E-state index >= 15 is 0 Å². The number of aryl methyl sites for hydroxylation is 2. The van der Waals surface area contributed by atoms with Crippen molar-refractivity contribution in [2.24, 2.45) is 0 Å². The van der Waals surface area contributed by atoms with E-state index in [0.29, 0.717) is 19.4 Å². The molecule has 7 nitrogen and oxygen atoms in total. The molecular formula is C23H28N4O3. The second kappa shape index (κ2) is 8.78. The number of nitrogens with zero attached hydrogens (tertiary/aromatic N) is 3. The van der Waals surface area contributed by atoms with Gasteiger partial charge in [-0.25, -0.2) is 4.79 Å². The van der Waals surface area contributed by atoms with Crippen molar-refractivity contribution in [1.29, 1.82) is 5.26 Å². The van der Waals surface area contributed by atoms with Crippen LogP contribution in [0.15, 0.2) is 24.3 Å². The van der Waals surface area contributed by atoms with Gasteiger partial charge in [0.15, 0.2) is 0 Å². The first kappa shape index (κ1) is 20.3. The number of carboxylic acid groups (broad SMARTS) is 1. The van der Waals surface area contributed by atoms with E-state index in [1.54, 1.807) is 0 Å². The Balaban J connectivity index is 1.39. The first-order valence-electron chi connectivity index (χ1n) is 10.8. The number of rotatable bonds is 6. The van der Waals surface area contributed by atoms with E-state index < -0.39 is 12.1 Å². The minimum absolute atomic E-state index is 0.0174. The minimum atomic E-state index is -0.992. The van der Waals surface area contributed by atoms with E-state index in [1.165, 1.54) is 4.90 Å². The molecule has 2 aliphatic heterocycles. The van der Waals surface area contributed by atoms with Gasteiger partial charge in [-0.2, -0.15) is 5.26 Å². The number of nitrogens with one attached hydrogen (secondary N) is 1. The SMILES string of the molecule is N#CCCc1ccc2cc(CC[C@@H]3CCCN3C(=O)C3CCCN3C(=O)O)[nH]c2c1. The average molecular weight is 409 g/mol. The molecule has 2 amide bonds. The zero-order chi connectivity index (χ0) is 21.1. The second-order valence-electron chi connectivity index (χ2n) is 8.37. The van der Waals surface area contributed by atoms with Crippen LogP contribution >= 0.6 is 0 Å². The molecule has 2 aromatic rings. The van der Waals surface area contributed by atoms with Crippen LogP contribution in [0, 0.1) is 11.3 Å². The standard InChI is InChI=1S/C23H28N4O3/c24-11-1-4-16-7-8-17-15-18(25-20(17)14-16)9-10-19-5-2-12-26(19)22(28)21-6-3-13-27(21)23(29)30/h7-8,14-15,19,21,25H,1-6,9-10,12-13H2,(H,29,30)/t19-,21?/m0/s1. The van der Waals surface area contributed by atoms with E-state index in [4.69, 9.17) is 5.26 Å². The normalized spacial score (nSPS) is 21.3. The van der Waals surface area contributed by atoms with Crippen LogP contribution in [0.25, 0.3) is 10.9 Å². The van der Waals surface area contributed by atoms with Gasteiger partial charge in [-0.15, -0.1) is 0 Å². The number of H-pyrrole nitrogens is 1. The number of hydrogen-bond donors (Lipinski definition) is 2. The minimum Gasteiger partial charge on any atom is -0.465 e. The Labute approximate surface area is 176 Å². The summed E-state index contributed by atoms with van der Waals surface area (Å²) in [5, 5.41) is 19.3. The van der Waals surface area contributed by atoms with Gasteiger partial charge < -0.3 is 15.0 Å². The van der Waals surface area contributed by atoms with Gasteiger partial charge in [0, 0.05) is 36.8 Å². The van der Waals surface area contributed by atoms with Crippen LogP contribution in [0.5, 0.6) is 0 Å². The van der Waals surface area contributed by atoms with Crippen LogP contribution in [-0.4, -0.2) is 57.1 Å². The van der Waals surface area contributed by atoms with Crippen LogP contribution in [0.4, 0.5) is 4.79 Å². The lowest BCUT2D eigenvalue weighted by Crippen LogP contribution is -2.49. The van der Waals surface area contributed by atoms with Gasteiger partial charge in [0.05, 0.1) is 6.07 Å². The number of hydrogen-bond acceptors (Lipinski definition) is 3. The van der Waals surface area contributed by atoms with E-state index in [-0.39, 0.29) is 11.9 Å². The molecule has 1 unspecified atom stereocenters. The summed E-state index contributed by atoms with van der Waals surface area (Å²) < 4.78 is 0. The predicted molar refractivity (Wildman–Crippen MR) is 113 cm³/mol. The largest absolute Gasteiger partial charge is 0.465 e. The molecule has 2 fully saturated rings. The van der Waals surface area contributed by atoms with Crippen molar-refractivity contribution in [3.8, 4) is 6.07 Å². The number of fused-ring (bicyclic) bond motifs is 1. The molecule has 0 spiro atoms. The van der Waals surface area contributed by atoms with E-state index in [0.717, 1.165) is 67.2 Å².